The summed E-state index contributed by atoms with van der Waals surface area (Å²) in [7, 11) is 0. The van der Waals surface area contributed by atoms with Gasteiger partial charge in [-0.25, -0.2) is 4.79 Å². The highest BCUT2D eigenvalue weighted by molar-refractivity contribution is 5.85. The summed E-state index contributed by atoms with van der Waals surface area (Å²) in [5, 5.41) is 0. The summed E-state index contributed by atoms with van der Waals surface area (Å²) in [4.78, 5) is 17.7. The number of piperidine rings is 1. The van der Waals surface area contributed by atoms with Crippen molar-refractivity contribution in [3.63, 3.8) is 0 Å². The van der Waals surface area contributed by atoms with Crippen LogP contribution in [0.5, 0.6) is 0 Å². The lowest BCUT2D eigenvalue weighted by atomic mass is 9.74. The summed E-state index contributed by atoms with van der Waals surface area (Å²) in [5.41, 5.74) is 5.09. The minimum Gasteiger partial charge on any atom is -0.306 e. The first-order chi connectivity index (χ1) is 13.3. The molecule has 0 saturated carbocycles. The molecular weight excluding hydrogens is 370 g/mol. The Bertz CT molecular complexity index is 1060. The van der Waals surface area contributed by atoms with Crippen LogP contribution in [0.3, 0.4) is 0 Å². The van der Waals surface area contributed by atoms with E-state index >= 15 is 0 Å². The molecule has 1 aromatic heterocycles. The van der Waals surface area contributed by atoms with E-state index in [0.717, 1.165) is 43.6 Å². The van der Waals surface area contributed by atoms with E-state index in [0.29, 0.717) is 0 Å². The molecule has 3 aromatic rings. The number of likely N-dealkylation sites (tertiary alicyclic amines) is 1. The van der Waals surface area contributed by atoms with Gasteiger partial charge in [0.15, 0.2) is 0 Å². The lowest BCUT2D eigenvalue weighted by molar-refractivity contribution is 0.180. The number of halogens is 1. The molecule has 4 nitrogen and oxygen atoms in total. The minimum absolute atomic E-state index is 0. The maximum Gasteiger partial charge on any atom is 0.326 e. The molecule has 0 radical (unpaired) electrons. The quantitative estimate of drug-likeness (QED) is 0.719. The topological polar surface area (TPSA) is 41.0 Å². The van der Waals surface area contributed by atoms with Gasteiger partial charge in [-0.1, -0.05) is 48.6 Å². The van der Waals surface area contributed by atoms with Crippen molar-refractivity contribution < 1.29 is 0 Å². The molecule has 2 aromatic carbocycles. The molecule has 28 heavy (non-hydrogen) atoms. The zero-order valence-electron chi connectivity index (χ0n) is 15.9. The average Bonchev–Trinajstić information content (AvgIpc) is 3.22. The molecule has 0 unspecified atom stereocenters. The Labute approximate surface area is 171 Å². The monoisotopic (exact) mass is 395 g/mol. The Morgan fingerprint density at radius 2 is 1.71 bits per heavy atom. The van der Waals surface area contributed by atoms with Gasteiger partial charge in [0.05, 0.1) is 11.0 Å². The third-order valence-corrected chi connectivity index (χ3v) is 6.37. The number of nitrogens with one attached hydrogen (secondary N) is 1. The Morgan fingerprint density at radius 3 is 2.57 bits per heavy atom. The number of nitrogens with zero attached hydrogens (tertiary/aromatic N) is 2. The van der Waals surface area contributed by atoms with Crippen LogP contribution in [0.2, 0.25) is 0 Å². The van der Waals surface area contributed by atoms with Crippen molar-refractivity contribution in [2.45, 2.75) is 31.2 Å². The van der Waals surface area contributed by atoms with Gasteiger partial charge in [-0.2, -0.15) is 0 Å². The molecule has 1 saturated heterocycles. The smallest absolute Gasteiger partial charge is 0.306 e. The fourth-order valence-corrected chi connectivity index (χ4v) is 4.83. The molecule has 2 heterocycles. The molecule has 1 spiro atoms. The van der Waals surface area contributed by atoms with E-state index in [9.17, 15) is 4.79 Å². The maximum absolute atomic E-state index is 12.2. The largest absolute Gasteiger partial charge is 0.326 e. The van der Waals surface area contributed by atoms with Crippen molar-refractivity contribution >= 4 is 29.5 Å². The van der Waals surface area contributed by atoms with Crippen LogP contribution in [0.15, 0.2) is 59.4 Å². The van der Waals surface area contributed by atoms with E-state index in [1.165, 1.54) is 24.0 Å². The second kappa shape index (κ2) is 7.61. The number of H-pyrrole nitrogens is 1. The normalized spacial score (nSPS) is 17.7. The standard InChI is InChI=1S/C23H25N3O.ClH/c27-22-24-20-8-3-4-9-21(20)26(22)15-5-14-25-16-12-23(13-17-25)11-10-18-6-1-2-7-19(18)23;/h1-4,6-11H,5,12-17H2,(H,24,27);1H. The van der Waals surface area contributed by atoms with Gasteiger partial charge in [-0.15, -0.1) is 12.4 Å². The van der Waals surface area contributed by atoms with Crippen molar-refractivity contribution in [3.05, 3.63) is 76.2 Å². The number of rotatable bonds is 4. The number of aromatic nitrogens is 2. The molecular formula is C23H26ClN3O. The number of hydrogen-bond donors (Lipinski definition) is 1. The van der Waals surface area contributed by atoms with Gasteiger partial charge in [0.2, 0.25) is 0 Å². The van der Waals surface area contributed by atoms with Gasteiger partial charge < -0.3 is 9.88 Å². The van der Waals surface area contributed by atoms with Crippen LogP contribution in [0.4, 0.5) is 0 Å². The van der Waals surface area contributed by atoms with Gasteiger partial charge in [0.1, 0.15) is 0 Å². The van der Waals surface area contributed by atoms with Crippen LogP contribution in [-0.4, -0.2) is 34.1 Å². The van der Waals surface area contributed by atoms with E-state index in [-0.39, 0.29) is 23.5 Å². The summed E-state index contributed by atoms with van der Waals surface area (Å²) in [6, 6.07) is 16.8. The Kier molecular flexibility index (Phi) is 5.17. The van der Waals surface area contributed by atoms with Crippen molar-refractivity contribution in [1.29, 1.82) is 0 Å². The van der Waals surface area contributed by atoms with Gasteiger partial charge in [0.25, 0.3) is 0 Å². The number of benzene rings is 2. The first-order valence-corrected chi connectivity index (χ1v) is 9.94. The number of aromatic amines is 1. The molecule has 146 valence electrons. The summed E-state index contributed by atoms with van der Waals surface area (Å²) in [6.45, 7) is 4.07. The molecule has 1 fully saturated rings. The molecule has 1 N–H and O–H groups in total. The number of imidazole rings is 1. The zero-order chi connectivity index (χ0) is 18.3. The van der Waals surface area contributed by atoms with Crippen molar-refractivity contribution in [1.82, 2.24) is 14.5 Å². The third kappa shape index (κ3) is 3.21. The van der Waals surface area contributed by atoms with Crippen LogP contribution >= 0.6 is 12.4 Å². The van der Waals surface area contributed by atoms with Crippen LogP contribution in [-0.2, 0) is 12.0 Å². The highest BCUT2D eigenvalue weighted by atomic mass is 35.5. The first kappa shape index (κ1) is 19.0. The van der Waals surface area contributed by atoms with E-state index in [1.807, 2.05) is 28.8 Å². The Balaban J connectivity index is 0.00000192. The van der Waals surface area contributed by atoms with Crippen molar-refractivity contribution in [2.75, 3.05) is 19.6 Å². The van der Waals surface area contributed by atoms with E-state index in [1.54, 1.807) is 0 Å². The number of aryl methyl sites for hydroxylation is 1. The maximum atomic E-state index is 12.2. The van der Waals surface area contributed by atoms with Crippen molar-refractivity contribution in [2.24, 2.45) is 0 Å². The lowest BCUT2D eigenvalue weighted by Crippen LogP contribution is -2.41. The Hall–Kier alpha value is -2.30. The Morgan fingerprint density at radius 1 is 0.964 bits per heavy atom. The van der Waals surface area contributed by atoms with Crippen LogP contribution in [0.25, 0.3) is 17.1 Å². The molecule has 0 amide bonds. The highest BCUT2D eigenvalue weighted by Crippen LogP contribution is 2.43. The van der Waals surface area contributed by atoms with Gasteiger partial charge >= 0.3 is 5.69 Å². The van der Waals surface area contributed by atoms with Gasteiger partial charge in [-0.3, -0.25) is 4.57 Å². The predicted molar refractivity (Wildman–Crippen MR) is 117 cm³/mol. The molecule has 0 bridgehead atoms. The SMILES string of the molecule is Cl.O=c1[nH]c2ccccc2n1CCCN1CCC2(C=Cc3ccccc32)CC1. The van der Waals surface area contributed by atoms with Crippen LogP contribution in [0, 0.1) is 0 Å². The molecule has 5 heteroatoms. The first-order valence-electron chi connectivity index (χ1n) is 9.94. The average molecular weight is 396 g/mol. The van der Waals surface area contributed by atoms with Gasteiger partial charge in [0, 0.05) is 12.0 Å². The number of hydrogen-bond acceptors (Lipinski definition) is 2. The summed E-state index contributed by atoms with van der Waals surface area (Å²) >= 11 is 0. The second-order valence-corrected chi connectivity index (χ2v) is 7.87. The van der Waals surface area contributed by atoms with E-state index in [4.69, 9.17) is 0 Å². The number of allylic oxidation sites excluding steroid dienone is 1. The molecule has 5 rings (SSSR count). The summed E-state index contributed by atoms with van der Waals surface area (Å²) in [6.07, 6.45) is 8.11. The zero-order valence-corrected chi connectivity index (χ0v) is 16.8. The van der Waals surface area contributed by atoms with Gasteiger partial charge in [-0.05, 0) is 62.2 Å². The minimum atomic E-state index is 0. The van der Waals surface area contributed by atoms with Crippen LogP contribution in [0.1, 0.15) is 30.4 Å². The third-order valence-electron chi connectivity index (χ3n) is 6.37. The van der Waals surface area contributed by atoms with E-state index < -0.39 is 0 Å². The lowest BCUT2D eigenvalue weighted by Gasteiger charge is -2.39. The highest BCUT2D eigenvalue weighted by Gasteiger charge is 2.37. The fraction of sp³-hybridized carbons (Fsp3) is 0.348. The fourth-order valence-electron chi connectivity index (χ4n) is 4.83. The molecule has 2 aliphatic rings. The molecule has 0 atom stereocenters. The molecule has 1 aliphatic carbocycles. The predicted octanol–water partition coefficient (Wildman–Crippen LogP) is 4.20. The number of para-hydroxylation sites is 2. The van der Waals surface area contributed by atoms with Crippen LogP contribution < -0.4 is 5.69 Å². The van der Waals surface area contributed by atoms with E-state index in [2.05, 4.69) is 46.3 Å². The second-order valence-electron chi connectivity index (χ2n) is 7.87. The summed E-state index contributed by atoms with van der Waals surface area (Å²) < 4.78 is 1.87. The number of fused-ring (bicyclic) bond motifs is 3. The molecule has 1 aliphatic heterocycles. The summed E-state index contributed by atoms with van der Waals surface area (Å²) in [5.74, 6) is 0. The van der Waals surface area contributed by atoms with Crippen molar-refractivity contribution in [3.8, 4) is 0 Å².